The van der Waals surface area contributed by atoms with Gasteiger partial charge in [0.05, 0.1) is 14.2 Å². The maximum atomic E-state index is 5.39. The Hall–Kier alpha value is -3.28. The van der Waals surface area contributed by atoms with Gasteiger partial charge in [0.1, 0.15) is 17.2 Å². The second-order valence-corrected chi connectivity index (χ2v) is 5.29. The summed E-state index contributed by atoms with van der Waals surface area (Å²) in [6.45, 7) is 0. The molecule has 6 heteroatoms. The maximum Gasteiger partial charge on any atom is 0.274 e. The van der Waals surface area contributed by atoms with Crippen molar-refractivity contribution >= 4 is 10.9 Å². The molecule has 2 heterocycles. The van der Waals surface area contributed by atoms with E-state index in [0.717, 1.165) is 33.7 Å². The lowest BCUT2D eigenvalue weighted by Crippen LogP contribution is -1.84. The van der Waals surface area contributed by atoms with Gasteiger partial charge in [-0.05, 0) is 48.5 Å². The Kier molecular flexibility index (Phi) is 3.42. The molecule has 0 fully saturated rings. The fraction of sp³-hybridized carbons (Fsp3) is 0.111. The number of rotatable bonds is 4. The minimum atomic E-state index is 0.441. The van der Waals surface area contributed by atoms with E-state index in [1.54, 1.807) is 14.2 Å². The number of fused-ring (bicyclic) bond motifs is 1. The van der Waals surface area contributed by atoms with Crippen molar-refractivity contribution < 1.29 is 14.0 Å². The molecule has 0 aliphatic heterocycles. The standard InChI is InChI=1S/C18H15N3O3/c1-22-13-5-3-11(4-6-13)17-20-18(24-21-17)16-10-12-9-14(23-2)7-8-15(12)19-16/h3-10,19H,1-2H3. The van der Waals surface area contributed by atoms with E-state index >= 15 is 0 Å². The van der Waals surface area contributed by atoms with Gasteiger partial charge in [-0.2, -0.15) is 4.98 Å². The summed E-state index contributed by atoms with van der Waals surface area (Å²) >= 11 is 0. The number of hydrogen-bond donors (Lipinski definition) is 1. The fourth-order valence-electron chi connectivity index (χ4n) is 2.54. The van der Waals surface area contributed by atoms with Crippen LogP contribution in [0.25, 0.3) is 33.9 Å². The second-order valence-electron chi connectivity index (χ2n) is 5.29. The zero-order valence-electron chi connectivity index (χ0n) is 13.2. The summed E-state index contributed by atoms with van der Waals surface area (Å²) in [5.41, 5.74) is 2.61. The molecule has 0 saturated heterocycles. The van der Waals surface area contributed by atoms with E-state index < -0.39 is 0 Å². The van der Waals surface area contributed by atoms with Gasteiger partial charge in [0, 0.05) is 16.5 Å². The highest BCUT2D eigenvalue weighted by atomic mass is 16.5. The van der Waals surface area contributed by atoms with Gasteiger partial charge in [0.25, 0.3) is 5.89 Å². The normalized spacial score (nSPS) is 10.9. The smallest absolute Gasteiger partial charge is 0.274 e. The summed E-state index contributed by atoms with van der Waals surface area (Å²) in [6.07, 6.45) is 0. The van der Waals surface area contributed by atoms with Gasteiger partial charge in [-0.3, -0.25) is 0 Å². The monoisotopic (exact) mass is 321 g/mol. The number of ether oxygens (including phenoxy) is 2. The van der Waals surface area contributed by atoms with E-state index in [1.165, 1.54) is 0 Å². The van der Waals surface area contributed by atoms with Crippen LogP contribution >= 0.6 is 0 Å². The van der Waals surface area contributed by atoms with Crippen molar-refractivity contribution in [1.82, 2.24) is 15.1 Å². The third-order valence-corrected chi connectivity index (χ3v) is 3.83. The summed E-state index contributed by atoms with van der Waals surface area (Å²) in [4.78, 5) is 7.74. The van der Waals surface area contributed by atoms with Crippen molar-refractivity contribution in [2.45, 2.75) is 0 Å². The van der Waals surface area contributed by atoms with Crippen LogP contribution in [-0.2, 0) is 0 Å². The zero-order valence-corrected chi connectivity index (χ0v) is 13.2. The molecule has 1 N–H and O–H groups in total. The third kappa shape index (κ3) is 2.48. The molecule has 24 heavy (non-hydrogen) atoms. The van der Waals surface area contributed by atoms with Crippen molar-refractivity contribution in [1.29, 1.82) is 0 Å². The van der Waals surface area contributed by atoms with Crippen LogP contribution in [0.1, 0.15) is 0 Å². The average molecular weight is 321 g/mol. The van der Waals surface area contributed by atoms with Crippen LogP contribution in [0.5, 0.6) is 11.5 Å². The molecule has 6 nitrogen and oxygen atoms in total. The maximum absolute atomic E-state index is 5.39. The van der Waals surface area contributed by atoms with Gasteiger partial charge in [-0.15, -0.1) is 0 Å². The molecule has 0 aliphatic carbocycles. The zero-order chi connectivity index (χ0) is 16.5. The molecule has 2 aromatic carbocycles. The minimum absolute atomic E-state index is 0.441. The van der Waals surface area contributed by atoms with E-state index in [0.29, 0.717) is 11.7 Å². The molecule has 2 aromatic heterocycles. The molecule has 0 unspecified atom stereocenters. The third-order valence-electron chi connectivity index (χ3n) is 3.83. The predicted molar refractivity (Wildman–Crippen MR) is 90.1 cm³/mol. The molecule has 0 amide bonds. The van der Waals surface area contributed by atoms with Gasteiger partial charge < -0.3 is 19.0 Å². The summed E-state index contributed by atoms with van der Waals surface area (Å²) in [7, 11) is 3.28. The van der Waals surface area contributed by atoms with Gasteiger partial charge in [-0.1, -0.05) is 5.16 Å². The number of methoxy groups -OCH3 is 2. The number of nitrogens with zero attached hydrogens (tertiary/aromatic N) is 2. The summed E-state index contributed by atoms with van der Waals surface area (Å²) in [5.74, 6) is 2.56. The average Bonchev–Trinajstić information content (AvgIpc) is 3.27. The summed E-state index contributed by atoms with van der Waals surface area (Å²) in [5, 5.41) is 5.07. The van der Waals surface area contributed by atoms with Crippen molar-refractivity contribution in [2.24, 2.45) is 0 Å². The van der Waals surface area contributed by atoms with Crippen molar-refractivity contribution in [3.63, 3.8) is 0 Å². The Morgan fingerprint density at radius 1 is 0.917 bits per heavy atom. The van der Waals surface area contributed by atoms with Crippen LogP contribution < -0.4 is 9.47 Å². The van der Waals surface area contributed by atoms with Gasteiger partial charge >= 0.3 is 0 Å². The van der Waals surface area contributed by atoms with Crippen molar-refractivity contribution in [3.8, 4) is 34.5 Å². The SMILES string of the molecule is COc1ccc(-c2noc(-c3cc4cc(OC)ccc4[nH]3)n2)cc1. The number of hydrogen-bond acceptors (Lipinski definition) is 5. The Labute approximate surface area is 138 Å². The summed E-state index contributed by atoms with van der Waals surface area (Å²) < 4.78 is 15.8. The minimum Gasteiger partial charge on any atom is -0.497 e. The molecular formula is C18H15N3O3. The van der Waals surface area contributed by atoms with Crippen LogP contribution in [0.3, 0.4) is 0 Å². The number of nitrogens with one attached hydrogen (secondary N) is 1. The van der Waals surface area contributed by atoms with Crippen LogP contribution in [0.15, 0.2) is 53.1 Å². The van der Waals surface area contributed by atoms with E-state index in [1.807, 2.05) is 48.5 Å². The molecule has 0 radical (unpaired) electrons. The Bertz CT molecular complexity index is 986. The first-order valence-corrected chi connectivity index (χ1v) is 7.42. The van der Waals surface area contributed by atoms with E-state index in [4.69, 9.17) is 14.0 Å². The lowest BCUT2D eigenvalue weighted by molar-refractivity contribution is 0.414. The molecule has 0 atom stereocenters. The molecule has 0 spiro atoms. The highest BCUT2D eigenvalue weighted by molar-refractivity contribution is 5.85. The van der Waals surface area contributed by atoms with Crippen LogP contribution in [-0.4, -0.2) is 29.3 Å². The summed E-state index contributed by atoms with van der Waals surface area (Å²) in [6, 6.07) is 15.3. The van der Waals surface area contributed by atoms with Gasteiger partial charge in [-0.25, -0.2) is 0 Å². The number of aromatic amines is 1. The first-order valence-electron chi connectivity index (χ1n) is 7.42. The van der Waals surface area contributed by atoms with Crippen molar-refractivity contribution in [2.75, 3.05) is 14.2 Å². The Morgan fingerprint density at radius 2 is 1.67 bits per heavy atom. The van der Waals surface area contributed by atoms with E-state index in [9.17, 15) is 0 Å². The fourth-order valence-corrected chi connectivity index (χ4v) is 2.54. The molecule has 4 aromatic rings. The number of H-pyrrole nitrogens is 1. The Morgan fingerprint density at radius 3 is 2.42 bits per heavy atom. The highest BCUT2D eigenvalue weighted by Gasteiger charge is 2.13. The first kappa shape index (κ1) is 14.3. The lowest BCUT2D eigenvalue weighted by atomic mass is 10.2. The quantitative estimate of drug-likeness (QED) is 0.617. The van der Waals surface area contributed by atoms with Crippen LogP contribution in [0, 0.1) is 0 Å². The molecule has 120 valence electrons. The highest BCUT2D eigenvalue weighted by Crippen LogP contribution is 2.28. The molecular weight excluding hydrogens is 306 g/mol. The number of benzene rings is 2. The number of aromatic nitrogens is 3. The van der Waals surface area contributed by atoms with Gasteiger partial charge in [0.15, 0.2) is 0 Å². The second kappa shape index (κ2) is 5.73. The molecule has 4 rings (SSSR count). The van der Waals surface area contributed by atoms with Crippen LogP contribution in [0.2, 0.25) is 0 Å². The topological polar surface area (TPSA) is 73.2 Å². The molecule has 0 saturated carbocycles. The predicted octanol–water partition coefficient (Wildman–Crippen LogP) is 3.90. The van der Waals surface area contributed by atoms with Crippen LogP contribution in [0.4, 0.5) is 0 Å². The first-order chi connectivity index (χ1) is 11.8. The van der Waals surface area contributed by atoms with Crippen molar-refractivity contribution in [3.05, 3.63) is 48.5 Å². The van der Waals surface area contributed by atoms with Gasteiger partial charge in [0.2, 0.25) is 5.82 Å². The molecule has 0 aliphatic rings. The Balaban J connectivity index is 1.68. The van der Waals surface area contributed by atoms with E-state index in [-0.39, 0.29) is 0 Å². The lowest BCUT2D eigenvalue weighted by Gasteiger charge is -1.98. The van der Waals surface area contributed by atoms with E-state index in [2.05, 4.69) is 15.1 Å². The largest absolute Gasteiger partial charge is 0.497 e. The molecule has 0 bridgehead atoms.